The van der Waals surface area contributed by atoms with Crippen molar-refractivity contribution in [2.45, 2.75) is 289 Å². The van der Waals surface area contributed by atoms with E-state index in [2.05, 4.69) is 31.3 Å². The zero-order chi connectivity index (χ0) is 41.5. The number of rotatable bonds is 47. The molecule has 3 N–H and O–H groups in total. The van der Waals surface area contributed by atoms with Gasteiger partial charge in [0.15, 0.2) is 0 Å². The zero-order valence-corrected chi connectivity index (χ0v) is 38.3. The normalized spacial score (nSPS) is 12.7. The average Bonchev–Trinajstić information content (AvgIpc) is 3.21. The maximum Gasteiger partial charge on any atom is 0.305 e. The summed E-state index contributed by atoms with van der Waals surface area (Å²) in [6.45, 7) is 4.91. The van der Waals surface area contributed by atoms with Gasteiger partial charge in [-0.05, 0) is 51.4 Å². The van der Waals surface area contributed by atoms with E-state index in [4.69, 9.17) is 4.74 Å². The van der Waals surface area contributed by atoms with Crippen molar-refractivity contribution >= 4 is 11.9 Å². The highest BCUT2D eigenvalue weighted by Crippen LogP contribution is 2.16. The van der Waals surface area contributed by atoms with Crippen LogP contribution in [0.2, 0.25) is 0 Å². The van der Waals surface area contributed by atoms with Crippen molar-refractivity contribution in [2.24, 2.45) is 0 Å². The number of hydrogen-bond acceptors (Lipinski definition) is 5. The quantitative estimate of drug-likeness (QED) is 0.0323. The van der Waals surface area contributed by atoms with E-state index in [1.165, 1.54) is 193 Å². The van der Waals surface area contributed by atoms with Gasteiger partial charge in [0.25, 0.3) is 0 Å². The van der Waals surface area contributed by atoms with Crippen LogP contribution in [0.15, 0.2) is 12.2 Å². The van der Waals surface area contributed by atoms with E-state index in [0.717, 1.165) is 51.4 Å². The first-order chi connectivity index (χ1) is 28.0. The topological polar surface area (TPSA) is 95.9 Å². The van der Waals surface area contributed by atoms with E-state index >= 15 is 0 Å². The highest BCUT2D eigenvalue weighted by Gasteiger charge is 2.20. The maximum absolute atomic E-state index is 12.4. The van der Waals surface area contributed by atoms with E-state index < -0.39 is 12.1 Å². The van der Waals surface area contributed by atoms with E-state index in [0.29, 0.717) is 25.9 Å². The molecule has 6 nitrogen and oxygen atoms in total. The van der Waals surface area contributed by atoms with Crippen molar-refractivity contribution in [2.75, 3.05) is 13.2 Å². The molecule has 0 heterocycles. The Balaban J connectivity index is 3.42. The number of nitrogens with one attached hydrogen (secondary N) is 1. The summed E-state index contributed by atoms with van der Waals surface area (Å²) < 4.78 is 5.46. The Kier molecular flexibility index (Phi) is 46.1. The van der Waals surface area contributed by atoms with E-state index in [1.807, 2.05) is 0 Å². The molecule has 6 heteroatoms. The van der Waals surface area contributed by atoms with Crippen LogP contribution in [0.25, 0.3) is 0 Å². The van der Waals surface area contributed by atoms with Crippen molar-refractivity contribution in [1.29, 1.82) is 0 Å². The molecular formula is C51H99NO5. The van der Waals surface area contributed by atoms with Crippen LogP contribution in [0.1, 0.15) is 277 Å². The van der Waals surface area contributed by atoms with Gasteiger partial charge >= 0.3 is 5.97 Å². The first-order valence-electron chi connectivity index (χ1n) is 25.4. The molecule has 0 radical (unpaired) electrons. The minimum Gasteiger partial charge on any atom is -0.466 e. The molecule has 57 heavy (non-hydrogen) atoms. The van der Waals surface area contributed by atoms with Crippen molar-refractivity contribution in [1.82, 2.24) is 5.32 Å². The summed E-state index contributed by atoms with van der Waals surface area (Å²) in [7, 11) is 0. The Morgan fingerprint density at radius 2 is 0.825 bits per heavy atom. The number of hydrogen-bond donors (Lipinski definition) is 3. The number of carbonyl (C=O) groups excluding carboxylic acids is 2. The predicted octanol–water partition coefficient (Wildman–Crippen LogP) is 15.0. The van der Waals surface area contributed by atoms with Crippen LogP contribution in [-0.4, -0.2) is 47.4 Å². The monoisotopic (exact) mass is 806 g/mol. The Hall–Kier alpha value is -1.40. The number of ether oxygens (including phenoxy) is 1. The molecular weight excluding hydrogens is 707 g/mol. The Morgan fingerprint density at radius 3 is 1.25 bits per heavy atom. The lowest BCUT2D eigenvalue weighted by atomic mass is 10.0. The molecule has 0 aromatic rings. The molecule has 0 saturated heterocycles. The van der Waals surface area contributed by atoms with Gasteiger partial charge in [-0.1, -0.05) is 225 Å². The molecule has 2 atom stereocenters. The summed E-state index contributed by atoms with van der Waals surface area (Å²) in [4.78, 5) is 24.4. The van der Waals surface area contributed by atoms with Crippen molar-refractivity contribution in [3.05, 3.63) is 12.2 Å². The van der Waals surface area contributed by atoms with Gasteiger partial charge in [0.05, 0.1) is 25.4 Å². The third kappa shape index (κ3) is 44.0. The highest BCUT2D eigenvalue weighted by molar-refractivity contribution is 5.76. The molecule has 0 aliphatic rings. The fourth-order valence-electron chi connectivity index (χ4n) is 7.87. The van der Waals surface area contributed by atoms with E-state index in [1.54, 1.807) is 0 Å². The van der Waals surface area contributed by atoms with Crippen LogP contribution in [-0.2, 0) is 14.3 Å². The molecule has 338 valence electrons. The standard InChI is InChI=1S/C51H99NO5/c1-3-5-7-9-11-13-14-15-22-25-29-33-37-41-45-51(56)57-46-42-38-34-30-26-23-20-18-16-17-19-21-24-28-32-36-40-44-50(55)52-48(47-53)49(54)43-39-35-31-27-12-10-8-6-4-2/h16,18,48-49,53-54H,3-15,17,19-47H2,1-2H3,(H,52,55)/b18-16-. The van der Waals surface area contributed by atoms with E-state index in [9.17, 15) is 19.8 Å². The summed E-state index contributed by atoms with van der Waals surface area (Å²) in [5, 5.41) is 23.0. The number of aliphatic hydroxyl groups excluding tert-OH is 2. The maximum atomic E-state index is 12.4. The lowest BCUT2D eigenvalue weighted by Gasteiger charge is -2.22. The zero-order valence-electron chi connectivity index (χ0n) is 38.3. The first kappa shape index (κ1) is 55.6. The van der Waals surface area contributed by atoms with Crippen LogP contribution in [0.4, 0.5) is 0 Å². The van der Waals surface area contributed by atoms with E-state index in [-0.39, 0.29) is 18.5 Å². The Bertz CT molecular complexity index is 847. The van der Waals surface area contributed by atoms with Crippen LogP contribution < -0.4 is 5.32 Å². The lowest BCUT2D eigenvalue weighted by Crippen LogP contribution is -2.45. The summed E-state index contributed by atoms with van der Waals surface area (Å²) in [5.74, 6) is -0.0490. The molecule has 1 amide bonds. The minimum atomic E-state index is -0.668. The summed E-state index contributed by atoms with van der Waals surface area (Å²) in [6, 6.07) is -0.547. The number of allylic oxidation sites excluding steroid dienone is 2. The van der Waals surface area contributed by atoms with Crippen molar-refractivity contribution < 1.29 is 24.5 Å². The Labute approximate surface area is 355 Å². The summed E-state index contributed by atoms with van der Waals surface area (Å²) in [5.41, 5.74) is 0. The molecule has 0 aliphatic heterocycles. The second kappa shape index (κ2) is 47.3. The fraction of sp³-hybridized carbons (Fsp3) is 0.922. The number of aliphatic hydroxyl groups is 2. The van der Waals surface area contributed by atoms with Crippen LogP contribution >= 0.6 is 0 Å². The summed E-state index contributed by atoms with van der Waals surface area (Å²) >= 11 is 0. The van der Waals surface area contributed by atoms with Gasteiger partial charge in [-0.15, -0.1) is 0 Å². The minimum absolute atomic E-state index is 0.000189. The smallest absolute Gasteiger partial charge is 0.305 e. The molecule has 0 aromatic heterocycles. The predicted molar refractivity (Wildman–Crippen MR) is 246 cm³/mol. The van der Waals surface area contributed by atoms with Gasteiger partial charge in [0.2, 0.25) is 5.91 Å². The second-order valence-corrected chi connectivity index (χ2v) is 17.5. The number of unbranched alkanes of at least 4 members (excludes halogenated alkanes) is 34. The van der Waals surface area contributed by atoms with Crippen molar-refractivity contribution in [3.63, 3.8) is 0 Å². The van der Waals surface area contributed by atoms with Crippen molar-refractivity contribution in [3.8, 4) is 0 Å². The third-order valence-corrected chi connectivity index (χ3v) is 11.8. The van der Waals surface area contributed by atoms with Gasteiger partial charge < -0.3 is 20.3 Å². The first-order valence-corrected chi connectivity index (χ1v) is 25.4. The average molecular weight is 806 g/mol. The second-order valence-electron chi connectivity index (χ2n) is 17.5. The van der Waals surface area contributed by atoms with Crippen LogP contribution in [0.5, 0.6) is 0 Å². The Morgan fingerprint density at radius 1 is 0.474 bits per heavy atom. The van der Waals surface area contributed by atoms with Gasteiger partial charge in [0.1, 0.15) is 0 Å². The van der Waals surface area contributed by atoms with Gasteiger partial charge in [-0.2, -0.15) is 0 Å². The number of esters is 1. The number of carbonyl (C=O) groups is 2. The molecule has 0 fully saturated rings. The molecule has 0 rings (SSSR count). The SMILES string of the molecule is CCCCCCCCCCCCCCCCC(=O)OCCCCCCCC/C=C\CCCCCCCCCC(=O)NC(CO)C(O)CCCCCCCCCCC. The number of amides is 1. The van der Waals surface area contributed by atoms with Gasteiger partial charge in [-0.25, -0.2) is 0 Å². The molecule has 0 aromatic carbocycles. The van der Waals surface area contributed by atoms with Gasteiger partial charge in [0, 0.05) is 12.8 Å². The van der Waals surface area contributed by atoms with Crippen LogP contribution in [0, 0.1) is 0 Å². The third-order valence-electron chi connectivity index (χ3n) is 11.8. The summed E-state index contributed by atoms with van der Waals surface area (Å²) in [6.07, 6.45) is 53.3. The largest absolute Gasteiger partial charge is 0.466 e. The molecule has 0 bridgehead atoms. The lowest BCUT2D eigenvalue weighted by molar-refractivity contribution is -0.143. The molecule has 0 saturated carbocycles. The van der Waals surface area contributed by atoms with Crippen LogP contribution in [0.3, 0.4) is 0 Å². The highest BCUT2D eigenvalue weighted by atomic mass is 16.5. The molecule has 0 spiro atoms. The molecule has 0 aliphatic carbocycles. The van der Waals surface area contributed by atoms with Gasteiger partial charge in [-0.3, -0.25) is 9.59 Å². The fourth-order valence-corrected chi connectivity index (χ4v) is 7.87. The molecule has 2 unspecified atom stereocenters.